The number of ether oxygens (including phenoxy) is 1. The normalized spacial score (nSPS) is 19.4. The first-order chi connectivity index (χ1) is 9.69. The minimum atomic E-state index is -0.182. The molecule has 1 N–H and O–H groups in total. The summed E-state index contributed by atoms with van der Waals surface area (Å²) in [5.41, 5.74) is 0.791. The standard InChI is InChI=1S/C15H20N2O3/c1-20-15(19)12-6-5-9-17(10-12)11-14(18)16-13-7-3-2-4-8-13/h2-4,7-8,12H,5-6,9-11H2,1H3,(H,16,18)/t12-/m0/s1. The van der Waals surface area contributed by atoms with Crippen LogP contribution in [0.25, 0.3) is 0 Å². The van der Waals surface area contributed by atoms with Gasteiger partial charge in [-0.25, -0.2) is 0 Å². The Morgan fingerprint density at radius 3 is 2.80 bits per heavy atom. The third-order valence-electron chi connectivity index (χ3n) is 3.46. The lowest BCUT2D eigenvalue weighted by Crippen LogP contribution is -2.42. The Kier molecular flexibility index (Phi) is 5.12. The molecule has 1 aliphatic heterocycles. The number of amides is 1. The van der Waals surface area contributed by atoms with Gasteiger partial charge in [0.05, 0.1) is 19.6 Å². The highest BCUT2D eigenvalue weighted by molar-refractivity contribution is 5.92. The van der Waals surface area contributed by atoms with Crippen LogP contribution in [0.15, 0.2) is 30.3 Å². The molecule has 1 atom stereocenters. The molecule has 1 amide bonds. The van der Waals surface area contributed by atoms with Gasteiger partial charge in [-0.15, -0.1) is 0 Å². The number of nitrogens with zero attached hydrogens (tertiary/aromatic N) is 1. The summed E-state index contributed by atoms with van der Waals surface area (Å²) >= 11 is 0. The molecule has 0 radical (unpaired) electrons. The van der Waals surface area contributed by atoms with E-state index in [4.69, 9.17) is 4.74 Å². The molecule has 1 fully saturated rings. The van der Waals surface area contributed by atoms with Gasteiger partial charge in [-0.3, -0.25) is 14.5 Å². The van der Waals surface area contributed by atoms with Gasteiger partial charge in [-0.1, -0.05) is 18.2 Å². The van der Waals surface area contributed by atoms with Crippen molar-refractivity contribution in [3.63, 3.8) is 0 Å². The van der Waals surface area contributed by atoms with Crippen LogP contribution in [0.3, 0.4) is 0 Å². The highest BCUT2D eigenvalue weighted by Gasteiger charge is 2.27. The quantitative estimate of drug-likeness (QED) is 0.847. The third-order valence-corrected chi connectivity index (χ3v) is 3.46. The second-order valence-electron chi connectivity index (χ2n) is 5.01. The Morgan fingerprint density at radius 2 is 2.10 bits per heavy atom. The summed E-state index contributed by atoms with van der Waals surface area (Å²) in [6, 6.07) is 9.37. The number of benzene rings is 1. The monoisotopic (exact) mass is 276 g/mol. The molecular weight excluding hydrogens is 256 g/mol. The van der Waals surface area contributed by atoms with Crippen LogP contribution in [0.4, 0.5) is 5.69 Å². The molecule has 1 saturated heterocycles. The van der Waals surface area contributed by atoms with Crippen molar-refractivity contribution in [2.75, 3.05) is 32.1 Å². The Hall–Kier alpha value is -1.88. The predicted molar refractivity (Wildman–Crippen MR) is 76.3 cm³/mol. The fraction of sp³-hybridized carbons (Fsp3) is 0.467. The minimum absolute atomic E-state index is 0.0540. The molecule has 0 bridgehead atoms. The number of hydrogen-bond donors (Lipinski definition) is 1. The van der Waals surface area contributed by atoms with E-state index in [2.05, 4.69) is 5.32 Å². The maximum absolute atomic E-state index is 12.0. The molecule has 0 unspecified atom stereocenters. The van der Waals surface area contributed by atoms with Crippen LogP contribution in [0, 0.1) is 5.92 Å². The summed E-state index contributed by atoms with van der Waals surface area (Å²) in [5.74, 6) is -0.349. The molecule has 108 valence electrons. The Bertz CT molecular complexity index is 461. The molecule has 0 aliphatic carbocycles. The van der Waals surface area contributed by atoms with E-state index in [0.717, 1.165) is 25.1 Å². The molecule has 0 spiro atoms. The fourth-order valence-electron chi connectivity index (χ4n) is 2.48. The van der Waals surface area contributed by atoms with E-state index in [1.165, 1.54) is 7.11 Å². The SMILES string of the molecule is COC(=O)[C@H]1CCCN(CC(=O)Nc2ccccc2)C1. The first kappa shape index (κ1) is 14.5. The summed E-state index contributed by atoms with van der Waals surface area (Å²) in [6.45, 7) is 1.74. The average Bonchev–Trinajstić information content (AvgIpc) is 2.47. The number of anilines is 1. The van der Waals surface area contributed by atoms with Crippen LogP contribution in [-0.4, -0.2) is 43.5 Å². The summed E-state index contributed by atoms with van der Waals surface area (Å²) in [7, 11) is 1.41. The molecule has 0 saturated carbocycles. The molecule has 1 aromatic carbocycles. The van der Waals surface area contributed by atoms with Gasteiger partial charge < -0.3 is 10.1 Å². The van der Waals surface area contributed by atoms with E-state index >= 15 is 0 Å². The number of esters is 1. The molecule has 0 aromatic heterocycles. The van der Waals surface area contributed by atoms with E-state index in [0.29, 0.717) is 13.1 Å². The van der Waals surface area contributed by atoms with Crippen molar-refractivity contribution in [1.82, 2.24) is 4.90 Å². The van der Waals surface area contributed by atoms with Crippen LogP contribution < -0.4 is 5.32 Å². The second kappa shape index (κ2) is 7.05. The van der Waals surface area contributed by atoms with E-state index in [9.17, 15) is 9.59 Å². The van der Waals surface area contributed by atoms with Gasteiger partial charge in [0, 0.05) is 12.2 Å². The third kappa shape index (κ3) is 4.06. The Labute approximate surface area is 118 Å². The zero-order valence-corrected chi connectivity index (χ0v) is 11.7. The smallest absolute Gasteiger partial charge is 0.309 e. The van der Waals surface area contributed by atoms with Crippen molar-refractivity contribution in [2.24, 2.45) is 5.92 Å². The van der Waals surface area contributed by atoms with E-state index in [1.807, 2.05) is 35.2 Å². The molecule has 5 heteroatoms. The van der Waals surface area contributed by atoms with Gasteiger partial charge in [-0.05, 0) is 31.5 Å². The molecule has 5 nitrogen and oxygen atoms in total. The number of rotatable bonds is 4. The van der Waals surface area contributed by atoms with E-state index < -0.39 is 0 Å². The summed E-state index contributed by atoms with van der Waals surface area (Å²) in [5, 5.41) is 2.85. The predicted octanol–water partition coefficient (Wildman–Crippen LogP) is 1.51. The highest BCUT2D eigenvalue weighted by Crippen LogP contribution is 2.17. The first-order valence-electron chi connectivity index (χ1n) is 6.84. The minimum Gasteiger partial charge on any atom is -0.469 e. The Morgan fingerprint density at radius 1 is 1.35 bits per heavy atom. The second-order valence-corrected chi connectivity index (χ2v) is 5.01. The van der Waals surface area contributed by atoms with Crippen molar-refractivity contribution in [3.05, 3.63) is 30.3 Å². The topological polar surface area (TPSA) is 58.6 Å². The number of likely N-dealkylation sites (tertiary alicyclic amines) is 1. The largest absolute Gasteiger partial charge is 0.469 e. The van der Waals surface area contributed by atoms with Gasteiger partial charge in [0.2, 0.25) is 5.91 Å². The lowest BCUT2D eigenvalue weighted by atomic mass is 9.98. The van der Waals surface area contributed by atoms with Crippen molar-refractivity contribution >= 4 is 17.6 Å². The number of carbonyl (C=O) groups is 2. The molecule has 1 heterocycles. The van der Waals surface area contributed by atoms with Crippen molar-refractivity contribution in [1.29, 1.82) is 0 Å². The average molecular weight is 276 g/mol. The maximum atomic E-state index is 12.0. The molecular formula is C15H20N2O3. The lowest BCUT2D eigenvalue weighted by Gasteiger charge is -2.30. The fourth-order valence-corrected chi connectivity index (χ4v) is 2.48. The summed E-state index contributed by atoms with van der Waals surface area (Å²) < 4.78 is 4.77. The van der Waals surface area contributed by atoms with E-state index in [-0.39, 0.29) is 17.8 Å². The van der Waals surface area contributed by atoms with Crippen LogP contribution in [0.1, 0.15) is 12.8 Å². The number of nitrogens with one attached hydrogen (secondary N) is 1. The van der Waals surface area contributed by atoms with Gasteiger partial charge in [-0.2, -0.15) is 0 Å². The number of para-hydroxylation sites is 1. The lowest BCUT2D eigenvalue weighted by molar-refractivity contribution is -0.147. The summed E-state index contributed by atoms with van der Waals surface area (Å²) in [6.07, 6.45) is 1.75. The molecule has 20 heavy (non-hydrogen) atoms. The zero-order valence-electron chi connectivity index (χ0n) is 11.7. The van der Waals surface area contributed by atoms with Crippen molar-refractivity contribution in [2.45, 2.75) is 12.8 Å². The van der Waals surface area contributed by atoms with Gasteiger partial charge >= 0.3 is 5.97 Å². The van der Waals surface area contributed by atoms with Crippen LogP contribution in [0.2, 0.25) is 0 Å². The van der Waals surface area contributed by atoms with Crippen LogP contribution in [0.5, 0.6) is 0 Å². The summed E-state index contributed by atoms with van der Waals surface area (Å²) in [4.78, 5) is 25.5. The van der Waals surface area contributed by atoms with Gasteiger partial charge in [0.15, 0.2) is 0 Å². The number of carbonyl (C=O) groups excluding carboxylic acids is 2. The number of hydrogen-bond acceptors (Lipinski definition) is 4. The van der Waals surface area contributed by atoms with Gasteiger partial charge in [0.25, 0.3) is 0 Å². The number of methoxy groups -OCH3 is 1. The zero-order chi connectivity index (χ0) is 14.4. The maximum Gasteiger partial charge on any atom is 0.309 e. The van der Waals surface area contributed by atoms with Gasteiger partial charge in [0.1, 0.15) is 0 Å². The highest BCUT2D eigenvalue weighted by atomic mass is 16.5. The molecule has 2 rings (SSSR count). The van der Waals surface area contributed by atoms with Crippen LogP contribution >= 0.6 is 0 Å². The molecule has 1 aliphatic rings. The van der Waals surface area contributed by atoms with Crippen molar-refractivity contribution < 1.29 is 14.3 Å². The number of piperidine rings is 1. The van der Waals surface area contributed by atoms with Crippen molar-refractivity contribution in [3.8, 4) is 0 Å². The Balaban J connectivity index is 1.83. The van der Waals surface area contributed by atoms with E-state index in [1.54, 1.807) is 0 Å². The molecule has 1 aromatic rings. The van der Waals surface area contributed by atoms with Crippen LogP contribution in [-0.2, 0) is 14.3 Å². The first-order valence-corrected chi connectivity index (χ1v) is 6.84.